The molecule has 0 radical (unpaired) electrons. The molecule has 8 nitrogen and oxygen atoms in total. The first-order valence-electron chi connectivity index (χ1n) is 9.14. The topological polar surface area (TPSA) is 111 Å². The van der Waals surface area contributed by atoms with Gasteiger partial charge in [0.2, 0.25) is 0 Å². The van der Waals surface area contributed by atoms with E-state index in [1.165, 1.54) is 38.1 Å². The number of benzene rings is 1. The summed E-state index contributed by atoms with van der Waals surface area (Å²) in [6.07, 6.45) is -1.89. The van der Waals surface area contributed by atoms with Crippen molar-refractivity contribution >= 4 is 23.8 Å². The first kappa shape index (κ1) is 23.1. The Balaban J connectivity index is 2.67. The van der Waals surface area contributed by atoms with Gasteiger partial charge >= 0.3 is 11.9 Å². The minimum absolute atomic E-state index is 0.0658. The first-order valence-corrected chi connectivity index (χ1v) is 9.14. The van der Waals surface area contributed by atoms with Gasteiger partial charge in [-0.3, -0.25) is 9.59 Å². The fourth-order valence-corrected chi connectivity index (χ4v) is 2.11. The van der Waals surface area contributed by atoms with E-state index in [4.69, 9.17) is 9.47 Å². The van der Waals surface area contributed by atoms with Crippen molar-refractivity contribution in [2.24, 2.45) is 0 Å². The van der Waals surface area contributed by atoms with E-state index >= 15 is 0 Å². The molecule has 2 N–H and O–H groups in total. The van der Waals surface area contributed by atoms with Crippen molar-refractivity contribution in [2.75, 3.05) is 0 Å². The fourth-order valence-electron chi connectivity index (χ4n) is 2.11. The lowest BCUT2D eigenvalue weighted by atomic mass is 10.1. The molecule has 2 unspecified atom stereocenters. The summed E-state index contributed by atoms with van der Waals surface area (Å²) in [6, 6.07) is 5.44. The van der Waals surface area contributed by atoms with Crippen LogP contribution in [0.2, 0.25) is 0 Å². The molecule has 8 heteroatoms. The molecule has 0 saturated heterocycles. The molecular formula is C20H28N2O6. The predicted octanol–water partition coefficient (Wildman–Crippen LogP) is 1.83. The molecular weight excluding hydrogens is 364 g/mol. The first-order chi connectivity index (χ1) is 13.0. The zero-order valence-corrected chi connectivity index (χ0v) is 17.1. The summed E-state index contributed by atoms with van der Waals surface area (Å²) >= 11 is 0. The van der Waals surface area contributed by atoms with Crippen molar-refractivity contribution in [3.05, 3.63) is 35.4 Å². The number of esters is 2. The van der Waals surface area contributed by atoms with Crippen LogP contribution in [0.5, 0.6) is 0 Å². The highest BCUT2D eigenvalue weighted by atomic mass is 16.6. The molecule has 1 aromatic rings. The van der Waals surface area contributed by atoms with E-state index in [0.29, 0.717) is 0 Å². The number of amides is 2. The van der Waals surface area contributed by atoms with Gasteiger partial charge < -0.3 is 20.1 Å². The Morgan fingerprint density at radius 3 is 1.18 bits per heavy atom. The molecule has 0 aliphatic heterocycles. The number of hydrogen-bond donors (Lipinski definition) is 2. The molecule has 1 aromatic carbocycles. The molecule has 0 saturated carbocycles. The van der Waals surface area contributed by atoms with Crippen LogP contribution in [-0.2, 0) is 19.1 Å². The zero-order chi connectivity index (χ0) is 21.4. The minimum Gasteiger partial charge on any atom is -0.449 e. The van der Waals surface area contributed by atoms with Crippen LogP contribution in [0.4, 0.5) is 0 Å². The minimum atomic E-state index is -0.945. The molecule has 2 amide bonds. The second kappa shape index (κ2) is 10.4. The Labute approximate surface area is 165 Å². The average Bonchev–Trinajstić information content (AvgIpc) is 2.60. The van der Waals surface area contributed by atoms with E-state index in [2.05, 4.69) is 10.6 Å². The largest absolute Gasteiger partial charge is 0.449 e. The molecule has 0 aromatic heterocycles. The Morgan fingerprint density at radius 1 is 0.643 bits per heavy atom. The van der Waals surface area contributed by atoms with Gasteiger partial charge in [0, 0.05) is 12.1 Å². The average molecular weight is 392 g/mol. The molecule has 0 fully saturated rings. The molecule has 0 aliphatic carbocycles. The van der Waals surface area contributed by atoms with Crippen LogP contribution >= 0.6 is 0 Å². The lowest BCUT2D eigenvalue weighted by Crippen LogP contribution is -2.39. The van der Waals surface area contributed by atoms with Crippen molar-refractivity contribution < 1.29 is 28.7 Å². The van der Waals surface area contributed by atoms with E-state index < -0.39 is 36.0 Å². The van der Waals surface area contributed by atoms with Crippen LogP contribution in [0, 0.1) is 0 Å². The Morgan fingerprint density at radius 2 is 0.929 bits per heavy atom. The maximum absolute atomic E-state index is 12.1. The van der Waals surface area contributed by atoms with Crippen LogP contribution in [0.15, 0.2) is 24.3 Å². The van der Waals surface area contributed by atoms with E-state index in [1.54, 1.807) is 27.7 Å². The van der Waals surface area contributed by atoms with Crippen molar-refractivity contribution in [3.63, 3.8) is 0 Å². The molecule has 1 rings (SSSR count). The lowest BCUT2D eigenvalue weighted by Gasteiger charge is -2.16. The van der Waals surface area contributed by atoms with Crippen LogP contribution in [0.25, 0.3) is 0 Å². The van der Waals surface area contributed by atoms with Crippen molar-refractivity contribution in [1.29, 1.82) is 0 Å². The zero-order valence-electron chi connectivity index (χ0n) is 17.1. The fraction of sp³-hybridized carbons (Fsp3) is 0.500. The highest BCUT2D eigenvalue weighted by Gasteiger charge is 2.21. The van der Waals surface area contributed by atoms with E-state index in [-0.39, 0.29) is 23.2 Å². The van der Waals surface area contributed by atoms with Gasteiger partial charge in [0.05, 0.1) is 11.1 Å². The van der Waals surface area contributed by atoms with Gasteiger partial charge in [-0.1, -0.05) is 0 Å². The smallest absolute Gasteiger partial charge is 0.338 e. The number of nitrogens with one attached hydrogen (secondary N) is 2. The standard InChI is InChI=1S/C20H28N2O6/c1-11(2)21-17(23)13(5)27-19(25)15-7-9-16(10-8-15)20(26)28-14(6)18(24)22-12(3)4/h7-14H,1-6H3,(H,21,23)(H,22,24). The van der Waals surface area contributed by atoms with Crippen LogP contribution in [0.3, 0.4) is 0 Å². The molecule has 0 aliphatic rings. The number of carbonyl (C=O) groups is 4. The summed E-state index contributed by atoms with van der Waals surface area (Å²) in [5.74, 6) is -2.15. The third kappa shape index (κ3) is 7.38. The van der Waals surface area contributed by atoms with Gasteiger partial charge in [0.25, 0.3) is 11.8 Å². The molecule has 0 heterocycles. The number of carbonyl (C=O) groups excluding carboxylic acids is 4. The van der Waals surface area contributed by atoms with Gasteiger partial charge in [-0.05, 0) is 65.8 Å². The van der Waals surface area contributed by atoms with Crippen LogP contribution in [-0.4, -0.2) is 48.0 Å². The molecule has 2 atom stereocenters. The maximum atomic E-state index is 12.1. The third-order valence-corrected chi connectivity index (χ3v) is 3.52. The van der Waals surface area contributed by atoms with E-state index in [9.17, 15) is 19.2 Å². The van der Waals surface area contributed by atoms with Crippen molar-refractivity contribution in [2.45, 2.75) is 65.8 Å². The Kier molecular flexibility index (Phi) is 8.63. The van der Waals surface area contributed by atoms with Gasteiger partial charge in [0.15, 0.2) is 12.2 Å². The van der Waals surface area contributed by atoms with Gasteiger partial charge in [-0.15, -0.1) is 0 Å². The second-order valence-electron chi connectivity index (χ2n) is 7.00. The lowest BCUT2D eigenvalue weighted by molar-refractivity contribution is -0.130. The van der Waals surface area contributed by atoms with Gasteiger partial charge in [-0.2, -0.15) is 0 Å². The van der Waals surface area contributed by atoms with Crippen molar-refractivity contribution in [3.8, 4) is 0 Å². The van der Waals surface area contributed by atoms with E-state index in [0.717, 1.165) is 0 Å². The van der Waals surface area contributed by atoms with Gasteiger partial charge in [0.1, 0.15) is 0 Å². The summed E-state index contributed by atoms with van der Waals surface area (Å²) in [5.41, 5.74) is 0.373. The number of ether oxygens (including phenoxy) is 2. The second-order valence-corrected chi connectivity index (χ2v) is 7.00. The summed E-state index contributed by atoms with van der Waals surface area (Å²) in [6.45, 7) is 10.2. The molecule has 28 heavy (non-hydrogen) atoms. The van der Waals surface area contributed by atoms with Crippen molar-refractivity contribution in [1.82, 2.24) is 10.6 Å². The monoisotopic (exact) mass is 392 g/mol. The quantitative estimate of drug-likeness (QED) is 0.653. The number of rotatable bonds is 8. The molecule has 0 bridgehead atoms. The predicted molar refractivity (Wildman–Crippen MR) is 103 cm³/mol. The van der Waals surface area contributed by atoms with Crippen LogP contribution in [0.1, 0.15) is 62.3 Å². The highest BCUT2D eigenvalue weighted by Crippen LogP contribution is 2.10. The Hall–Kier alpha value is -2.90. The maximum Gasteiger partial charge on any atom is 0.338 e. The summed E-state index contributed by atoms with van der Waals surface area (Å²) in [4.78, 5) is 47.9. The summed E-state index contributed by atoms with van der Waals surface area (Å²) < 4.78 is 10.2. The normalized spacial score (nSPS) is 12.9. The third-order valence-electron chi connectivity index (χ3n) is 3.52. The number of hydrogen-bond acceptors (Lipinski definition) is 6. The molecule has 0 spiro atoms. The van der Waals surface area contributed by atoms with E-state index in [1.807, 2.05) is 0 Å². The van der Waals surface area contributed by atoms with Crippen LogP contribution < -0.4 is 10.6 Å². The highest BCUT2D eigenvalue weighted by molar-refractivity contribution is 5.95. The molecule has 154 valence electrons. The van der Waals surface area contributed by atoms with Gasteiger partial charge in [-0.25, -0.2) is 9.59 Å². The Bertz CT molecular complexity index is 651. The summed E-state index contributed by atoms with van der Waals surface area (Å²) in [5, 5.41) is 5.30. The SMILES string of the molecule is CC(C)NC(=O)C(C)OC(=O)c1ccc(C(=O)OC(C)C(=O)NC(C)C)cc1. The summed E-state index contributed by atoms with van der Waals surface area (Å²) in [7, 11) is 0.